The summed E-state index contributed by atoms with van der Waals surface area (Å²) in [4.78, 5) is 17.1. The van der Waals surface area contributed by atoms with E-state index in [4.69, 9.17) is 15.9 Å². The van der Waals surface area contributed by atoms with Crippen LogP contribution in [0.3, 0.4) is 0 Å². The van der Waals surface area contributed by atoms with Crippen LogP contribution in [0.15, 0.2) is 22.6 Å². The van der Waals surface area contributed by atoms with Crippen molar-refractivity contribution in [2.45, 2.75) is 13.5 Å². The summed E-state index contributed by atoms with van der Waals surface area (Å²) in [5.74, 6) is 0.191. The number of nitrogens with zero attached hydrogens (tertiary/aromatic N) is 2. The molecule has 18 heavy (non-hydrogen) atoms. The molecular weight excluding hydrogens is 232 g/mol. The Labute approximate surface area is 105 Å². The van der Waals surface area contributed by atoms with Crippen LogP contribution in [0.25, 0.3) is 11.1 Å². The fraction of sp³-hybridized carbons (Fsp3) is 0.333. The molecular formula is C12H16N4O2. The standard InChI is InChI=1S/C12H16N4O2/c1-2-16(6-11(14)17)7-12-15-9-5-8(13)3-4-10(9)18-12/h3-5H,2,6-7,13H2,1H3,(H2,14,17). The topological polar surface area (TPSA) is 98.4 Å². The van der Waals surface area contributed by atoms with Crippen molar-refractivity contribution >= 4 is 22.7 Å². The fourth-order valence-electron chi connectivity index (χ4n) is 1.75. The SMILES string of the molecule is CCN(CC(N)=O)Cc1nc2cc(N)ccc2o1. The first kappa shape index (κ1) is 12.4. The van der Waals surface area contributed by atoms with Crippen LogP contribution in [-0.4, -0.2) is 28.9 Å². The predicted molar refractivity (Wildman–Crippen MR) is 68.6 cm³/mol. The van der Waals surface area contributed by atoms with E-state index in [-0.39, 0.29) is 12.5 Å². The highest BCUT2D eigenvalue weighted by Gasteiger charge is 2.12. The Balaban J connectivity index is 2.18. The molecule has 0 spiro atoms. The lowest BCUT2D eigenvalue weighted by molar-refractivity contribution is -0.119. The lowest BCUT2D eigenvalue weighted by Crippen LogP contribution is -2.33. The molecule has 1 amide bonds. The molecule has 2 rings (SSSR count). The molecule has 0 saturated heterocycles. The normalized spacial score (nSPS) is 11.2. The highest BCUT2D eigenvalue weighted by atomic mass is 16.3. The van der Waals surface area contributed by atoms with E-state index in [0.29, 0.717) is 30.3 Å². The lowest BCUT2D eigenvalue weighted by Gasteiger charge is -2.15. The van der Waals surface area contributed by atoms with Gasteiger partial charge in [-0.2, -0.15) is 0 Å². The minimum atomic E-state index is -0.364. The Morgan fingerprint density at radius 3 is 2.94 bits per heavy atom. The molecule has 96 valence electrons. The molecule has 0 atom stereocenters. The molecule has 0 aliphatic carbocycles. The van der Waals surface area contributed by atoms with Crippen molar-refractivity contribution in [2.24, 2.45) is 5.73 Å². The van der Waals surface area contributed by atoms with Crippen LogP contribution in [-0.2, 0) is 11.3 Å². The highest BCUT2D eigenvalue weighted by molar-refractivity contribution is 5.77. The number of hydrogen-bond acceptors (Lipinski definition) is 5. The van der Waals surface area contributed by atoms with E-state index in [2.05, 4.69) is 4.98 Å². The van der Waals surface area contributed by atoms with E-state index < -0.39 is 0 Å². The van der Waals surface area contributed by atoms with Gasteiger partial charge in [-0.05, 0) is 24.7 Å². The van der Waals surface area contributed by atoms with E-state index in [0.717, 1.165) is 5.52 Å². The molecule has 1 aromatic carbocycles. The van der Waals surface area contributed by atoms with Crippen LogP contribution in [0.2, 0.25) is 0 Å². The maximum Gasteiger partial charge on any atom is 0.231 e. The Bertz CT molecular complexity index is 564. The number of primary amides is 1. The molecule has 0 unspecified atom stereocenters. The Kier molecular flexibility index (Phi) is 3.47. The Hall–Kier alpha value is -2.08. The van der Waals surface area contributed by atoms with Crippen molar-refractivity contribution < 1.29 is 9.21 Å². The van der Waals surface area contributed by atoms with Gasteiger partial charge in [0, 0.05) is 5.69 Å². The molecule has 0 fully saturated rings. The monoisotopic (exact) mass is 248 g/mol. The van der Waals surface area contributed by atoms with Gasteiger partial charge in [0.05, 0.1) is 13.1 Å². The zero-order valence-corrected chi connectivity index (χ0v) is 10.2. The molecule has 4 N–H and O–H groups in total. The van der Waals surface area contributed by atoms with Gasteiger partial charge in [-0.25, -0.2) is 4.98 Å². The van der Waals surface area contributed by atoms with Gasteiger partial charge >= 0.3 is 0 Å². The number of carbonyl (C=O) groups excluding carboxylic acids is 1. The minimum absolute atomic E-state index is 0.192. The van der Waals surface area contributed by atoms with Crippen molar-refractivity contribution in [1.29, 1.82) is 0 Å². The number of amides is 1. The van der Waals surface area contributed by atoms with Gasteiger partial charge < -0.3 is 15.9 Å². The third-order valence-electron chi connectivity index (χ3n) is 2.64. The summed E-state index contributed by atoms with van der Waals surface area (Å²) in [6.45, 7) is 3.29. The number of oxazole rings is 1. The van der Waals surface area contributed by atoms with Crippen molar-refractivity contribution in [3.8, 4) is 0 Å². The van der Waals surface area contributed by atoms with Crippen LogP contribution in [0.5, 0.6) is 0 Å². The lowest BCUT2D eigenvalue weighted by atomic mass is 10.3. The first-order valence-corrected chi connectivity index (χ1v) is 5.74. The molecule has 0 bridgehead atoms. The summed E-state index contributed by atoms with van der Waals surface area (Å²) >= 11 is 0. The zero-order chi connectivity index (χ0) is 13.1. The quantitative estimate of drug-likeness (QED) is 0.759. The fourth-order valence-corrected chi connectivity index (χ4v) is 1.75. The maximum atomic E-state index is 10.9. The van der Waals surface area contributed by atoms with Crippen molar-refractivity contribution in [3.63, 3.8) is 0 Å². The van der Waals surface area contributed by atoms with Gasteiger partial charge in [-0.15, -0.1) is 0 Å². The number of fused-ring (bicyclic) bond motifs is 1. The molecule has 6 nitrogen and oxygen atoms in total. The molecule has 2 aromatic rings. The van der Waals surface area contributed by atoms with Crippen LogP contribution in [0.4, 0.5) is 5.69 Å². The highest BCUT2D eigenvalue weighted by Crippen LogP contribution is 2.19. The molecule has 0 saturated carbocycles. The average Bonchev–Trinajstić information content (AvgIpc) is 2.68. The second-order valence-corrected chi connectivity index (χ2v) is 4.10. The molecule has 0 radical (unpaired) electrons. The van der Waals surface area contributed by atoms with Gasteiger partial charge in [0.2, 0.25) is 11.8 Å². The van der Waals surface area contributed by atoms with Gasteiger partial charge in [0.15, 0.2) is 5.58 Å². The minimum Gasteiger partial charge on any atom is -0.439 e. The van der Waals surface area contributed by atoms with Crippen molar-refractivity contribution in [2.75, 3.05) is 18.8 Å². The van der Waals surface area contributed by atoms with Gasteiger partial charge in [0.25, 0.3) is 0 Å². The summed E-state index contributed by atoms with van der Waals surface area (Å²) in [7, 11) is 0. The summed E-state index contributed by atoms with van der Waals surface area (Å²) in [6.07, 6.45) is 0. The van der Waals surface area contributed by atoms with Gasteiger partial charge in [-0.3, -0.25) is 9.69 Å². The zero-order valence-electron chi connectivity index (χ0n) is 10.2. The van der Waals surface area contributed by atoms with Crippen LogP contribution in [0.1, 0.15) is 12.8 Å². The largest absolute Gasteiger partial charge is 0.439 e. The van der Waals surface area contributed by atoms with E-state index in [9.17, 15) is 4.79 Å². The molecule has 1 heterocycles. The summed E-state index contributed by atoms with van der Waals surface area (Å²) < 4.78 is 5.58. The average molecular weight is 248 g/mol. The number of nitrogens with two attached hydrogens (primary N) is 2. The number of nitrogen functional groups attached to an aromatic ring is 1. The number of aromatic nitrogens is 1. The summed E-state index contributed by atoms with van der Waals surface area (Å²) in [6, 6.07) is 5.30. The third-order valence-corrected chi connectivity index (χ3v) is 2.64. The second kappa shape index (κ2) is 5.05. The maximum absolute atomic E-state index is 10.9. The molecule has 0 aliphatic rings. The number of carbonyl (C=O) groups is 1. The number of hydrogen-bond donors (Lipinski definition) is 2. The molecule has 6 heteroatoms. The first-order valence-electron chi connectivity index (χ1n) is 5.74. The van der Waals surface area contributed by atoms with E-state index >= 15 is 0 Å². The van der Waals surface area contributed by atoms with Crippen molar-refractivity contribution in [1.82, 2.24) is 9.88 Å². The summed E-state index contributed by atoms with van der Waals surface area (Å²) in [5, 5.41) is 0. The van der Waals surface area contributed by atoms with Gasteiger partial charge in [0.1, 0.15) is 5.52 Å². The van der Waals surface area contributed by atoms with E-state index in [1.165, 1.54) is 0 Å². The van der Waals surface area contributed by atoms with Crippen molar-refractivity contribution in [3.05, 3.63) is 24.1 Å². The van der Waals surface area contributed by atoms with Crippen LogP contribution < -0.4 is 11.5 Å². The van der Waals surface area contributed by atoms with Crippen LogP contribution >= 0.6 is 0 Å². The number of likely N-dealkylation sites (N-methyl/N-ethyl adjacent to an activating group) is 1. The van der Waals surface area contributed by atoms with E-state index in [1.54, 1.807) is 18.2 Å². The van der Waals surface area contributed by atoms with E-state index in [1.807, 2.05) is 11.8 Å². The molecule has 1 aromatic heterocycles. The smallest absolute Gasteiger partial charge is 0.231 e. The van der Waals surface area contributed by atoms with Crippen LogP contribution in [0, 0.1) is 0 Å². The number of benzene rings is 1. The number of anilines is 1. The van der Waals surface area contributed by atoms with Gasteiger partial charge in [-0.1, -0.05) is 6.92 Å². The first-order chi connectivity index (χ1) is 8.58. The third kappa shape index (κ3) is 2.78. The second-order valence-electron chi connectivity index (χ2n) is 4.10. The Morgan fingerprint density at radius 2 is 2.28 bits per heavy atom. The molecule has 0 aliphatic heterocycles. The number of rotatable bonds is 5. The predicted octanol–water partition coefficient (Wildman–Crippen LogP) is 0.717. The Morgan fingerprint density at radius 1 is 1.50 bits per heavy atom. The summed E-state index contributed by atoms with van der Waals surface area (Å²) in [5.41, 5.74) is 12.9.